The molecule has 0 atom stereocenters. The molecule has 0 saturated carbocycles. The number of azo groups is 1. The number of hydrogen-bond acceptors (Lipinski definition) is 8. The molecule has 1 aromatic carbocycles. The second kappa shape index (κ2) is 9.78. The zero-order valence-corrected chi connectivity index (χ0v) is 16.8. The van der Waals surface area contributed by atoms with E-state index in [1.165, 1.54) is 11.5 Å². The molecular weight excluding hydrogens is 362 g/mol. The number of nitrogens with zero attached hydrogens (tertiary/aromatic N) is 5. The van der Waals surface area contributed by atoms with Crippen molar-refractivity contribution in [3.05, 3.63) is 35.0 Å². The van der Waals surface area contributed by atoms with Gasteiger partial charge in [0.15, 0.2) is 5.00 Å². The van der Waals surface area contributed by atoms with Crippen molar-refractivity contribution >= 4 is 33.9 Å². The fraction of sp³-hybridized carbons (Fsp3) is 0.421. The van der Waals surface area contributed by atoms with Gasteiger partial charge in [-0.15, -0.1) is 10.2 Å². The molecule has 8 heteroatoms. The summed E-state index contributed by atoms with van der Waals surface area (Å²) in [6, 6.07) is 7.98. The Morgan fingerprint density at radius 3 is 2.74 bits per heavy atom. The maximum Gasteiger partial charge on any atom is 0.307 e. The molecule has 0 aliphatic rings. The molecule has 0 spiro atoms. The summed E-state index contributed by atoms with van der Waals surface area (Å²) in [6.45, 7) is 9.37. The van der Waals surface area contributed by atoms with Crippen LogP contribution in [0.15, 0.2) is 28.4 Å². The van der Waals surface area contributed by atoms with Crippen LogP contribution in [-0.4, -0.2) is 30.0 Å². The number of carbonyl (C=O) groups is 1. The molecule has 0 amide bonds. The van der Waals surface area contributed by atoms with Crippen LogP contribution in [0.5, 0.6) is 0 Å². The Morgan fingerprint density at radius 2 is 2.11 bits per heavy atom. The van der Waals surface area contributed by atoms with Crippen LogP contribution in [0.3, 0.4) is 0 Å². The molecule has 0 unspecified atom stereocenters. The Labute approximate surface area is 163 Å². The maximum absolute atomic E-state index is 11.6. The quantitative estimate of drug-likeness (QED) is 0.479. The highest BCUT2D eigenvalue weighted by Gasteiger charge is 2.11. The number of rotatable bonds is 8. The molecule has 0 aliphatic carbocycles. The molecule has 0 fully saturated rings. The third-order valence-corrected chi connectivity index (χ3v) is 4.85. The van der Waals surface area contributed by atoms with E-state index >= 15 is 0 Å². The van der Waals surface area contributed by atoms with Crippen LogP contribution in [-0.2, 0) is 9.53 Å². The molecule has 142 valence electrons. The number of benzene rings is 1. The largest absolute Gasteiger partial charge is 0.466 e. The van der Waals surface area contributed by atoms with E-state index in [0.717, 1.165) is 23.5 Å². The first kappa shape index (κ1) is 20.5. The topological polar surface area (TPSA) is 90.9 Å². The molecular formula is C19H23N5O2S. The summed E-state index contributed by atoms with van der Waals surface area (Å²) < 4.78 is 9.13. The van der Waals surface area contributed by atoms with Crippen molar-refractivity contribution < 1.29 is 9.53 Å². The van der Waals surface area contributed by atoms with Gasteiger partial charge in [0.1, 0.15) is 11.6 Å². The molecule has 0 radical (unpaired) electrons. The van der Waals surface area contributed by atoms with Crippen molar-refractivity contribution in [3.8, 4) is 6.07 Å². The standard InChI is InChI=1S/C19H23N5O2S/c1-5-24(10-9-18(25)26-6-2)15-7-8-17(13(3)11-15)21-22-19-16(12-20)14(4)23-27-19/h7-8,11H,5-6,9-10H2,1-4H3/b22-21+. The summed E-state index contributed by atoms with van der Waals surface area (Å²) in [5.41, 5.74) is 3.85. The molecule has 27 heavy (non-hydrogen) atoms. The van der Waals surface area contributed by atoms with Crippen molar-refractivity contribution in [2.24, 2.45) is 10.2 Å². The van der Waals surface area contributed by atoms with Gasteiger partial charge in [0.2, 0.25) is 0 Å². The van der Waals surface area contributed by atoms with E-state index in [-0.39, 0.29) is 5.97 Å². The van der Waals surface area contributed by atoms with Crippen LogP contribution in [0.25, 0.3) is 0 Å². The summed E-state index contributed by atoms with van der Waals surface area (Å²) >= 11 is 1.17. The Morgan fingerprint density at radius 1 is 1.33 bits per heavy atom. The van der Waals surface area contributed by atoms with E-state index in [2.05, 4.69) is 25.6 Å². The number of esters is 1. The van der Waals surface area contributed by atoms with E-state index in [1.54, 1.807) is 13.8 Å². The van der Waals surface area contributed by atoms with Crippen LogP contribution in [0.1, 0.15) is 37.1 Å². The van der Waals surface area contributed by atoms with Gasteiger partial charge in [-0.05, 0) is 63.0 Å². The van der Waals surface area contributed by atoms with E-state index < -0.39 is 0 Å². The zero-order valence-electron chi connectivity index (χ0n) is 16.0. The van der Waals surface area contributed by atoms with E-state index in [1.807, 2.05) is 32.0 Å². The summed E-state index contributed by atoms with van der Waals surface area (Å²) in [5.74, 6) is -0.189. The molecule has 1 heterocycles. The maximum atomic E-state index is 11.6. The average molecular weight is 385 g/mol. The molecule has 0 bridgehead atoms. The van der Waals surface area contributed by atoms with Gasteiger partial charge in [-0.3, -0.25) is 4.79 Å². The Bertz CT molecular complexity index is 869. The lowest BCUT2D eigenvalue weighted by Gasteiger charge is -2.23. The summed E-state index contributed by atoms with van der Waals surface area (Å²) in [7, 11) is 0. The van der Waals surface area contributed by atoms with Gasteiger partial charge in [-0.2, -0.15) is 9.64 Å². The van der Waals surface area contributed by atoms with Gasteiger partial charge < -0.3 is 9.64 Å². The van der Waals surface area contributed by atoms with Gasteiger partial charge in [0, 0.05) is 18.8 Å². The summed E-state index contributed by atoms with van der Waals surface area (Å²) in [4.78, 5) is 13.7. The smallest absolute Gasteiger partial charge is 0.307 e. The molecule has 0 aliphatic heterocycles. The zero-order chi connectivity index (χ0) is 19.8. The molecule has 2 rings (SSSR count). The highest BCUT2D eigenvalue weighted by molar-refractivity contribution is 7.10. The number of ether oxygens (including phenoxy) is 1. The fourth-order valence-corrected chi connectivity index (χ4v) is 3.21. The first-order chi connectivity index (χ1) is 13.0. The first-order valence-electron chi connectivity index (χ1n) is 8.79. The number of carbonyl (C=O) groups excluding carboxylic acids is 1. The molecule has 2 aromatic rings. The van der Waals surface area contributed by atoms with E-state index in [4.69, 9.17) is 10.00 Å². The molecule has 0 N–H and O–H groups in total. The highest BCUT2D eigenvalue weighted by Crippen LogP contribution is 2.31. The van der Waals surface area contributed by atoms with Crippen LogP contribution < -0.4 is 4.90 Å². The predicted octanol–water partition coefficient (Wildman–Crippen LogP) is 4.83. The minimum absolute atomic E-state index is 0.189. The summed E-state index contributed by atoms with van der Waals surface area (Å²) in [5, 5.41) is 18.1. The number of aromatic nitrogens is 1. The van der Waals surface area contributed by atoms with Crippen molar-refractivity contribution in [2.75, 3.05) is 24.6 Å². The van der Waals surface area contributed by atoms with Gasteiger partial charge in [-0.1, -0.05) is 0 Å². The van der Waals surface area contributed by atoms with Crippen LogP contribution >= 0.6 is 11.5 Å². The lowest BCUT2D eigenvalue weighted by molar-refractivity contribution is -0.142. The monoisotopic (exact) mass is 385 g/mol. The average Bonchev–Trinajstić information content (AvgIpc) is 3.01. The van der Waals surface area contributed by atoms with Crippen molar-refractivity contribution in [1.82, 2.24) is 4.37 Å². The van der Waals surface area contributed by atoms with Crippen molar-refractivity contribution in [2.45, 2.75) is 34.1 Å². The molecule has 0 saturated heterocycles. The third-order valence-electron chi connectivity index (χ3n) is 4.02. The van der Waals surface area contributed by atoms with E-state index in [0.29, 0.717) is 35.8 Å². The van der Waals surface area contributed by atoms with Crippen LogP contribution in [0, 0.1) is 25.2 Å². The number of anilines is 1. The lowest BCUT2D eigenvalue weighted by atomic mass is 10.1. The van der Waals surface area contributed by atoms with Gasteiger partial charge >= 0.3 is 5.97 Å². The second-order valence-electron chi connectivity index (χ2n) is 5.87. The number of nitriles is 1. The second-order valence-corrected chi connectivity index (χ2v) is 6.62. The Hall–Kier alpha value is -2.79. The SMILES string of the molecule is CCOC(=O)CCN(CC)c1ccc(/N=N/c2snc(C)c2C#N)c(C)c1. The minimum Gasteiger partial charge on any atom is -0.466 e. The normalized spacial score (nSPS) is 10.8. The molecule has 1 aromatic heterocycles. The predicted molar refractivity (Wildman–Crippen MR) is 106 cm³/mol. The van der Waals surface area contributed by atoms with Gasteiger partial charge in [-0.25, -0.2) is 0 Å². The van der Waals surface area contributed by atoms with Crippen LogP contribution in [0.4, 0.5) is 16.4 Å². The van der Waals surface area contributed by atoms with E-state index in [9.17, 15) is 4.79 Å². The Balaban J connectivity index is 2.13. The van der Waals surface area contributed by atoms with Crippen LogP contribution in [0.2, 0.25) is 0 Å². The number of hydrogen-bond donors (Lipinski definition) is 0. The van der Waals surface area contributed by atoms with Crippen molar-refractivity contribution in [1.29, 1.82) is 5.26 Å². The molecule has 7 nitrogen and oxygen atoms in total. The lowest BCUT2D eigenvalue weighted by Crippen LogP contribution is -2.26. The fourth-order valence-electron chi connectivity index (χ4n) is 2.53. The highest BCUT2D eigenvalue weighted by atomic mass is 32.1. The first-order valence-corrected chi connectivity index (χ1v) is 9.56. The van der Waals surface area contributed by atoms with Gasteiger partial charge in [0.05, 0.1) is 24.4 Å². The van der Waals surface area contributed by atoms with Crippen molar-refractivity contribution in [3.63, 3.8) is 0 Å². The Kier molecular flexibility index (Phi) is 7.44. The summed E-state index contributed by atoms with van der Waals surface area (Å²) in [6.07, 6.45) is 0.351. The third kappa shape index (κ3) is 5.34. The number of aryl methyl sites for hydroxylation is 2. The minimum atomic E-state index is -0.189. The van der Waals surface area contributed by atoms with Gasteiger partial charge in [0.25, 0.3) is 0 Å².